The summed E-state index contributed by atoms with van der Waals surface area (Å²) in [6.45, 7) is 1.46. The highest BCUT2D eigenvalue weighted by molar-refractivity contribution is 5.94. The fourth-order valence-corrected chi connectivity index (χ4v) is 1.73. The third-order valence-electron chi connectivity index (χ3n) is 2.75. The van der Waals surface area contributed by atoms with E-state index in [4.69, 9.17) is 4.74 Å². The molecule has 2 rings (SSSR count). The molecule has 5 nitrogen and oxygen atoms in total. The average molecular weight is 295 g/mol. The van der Waals surface area contributed by atoms with Crippen LogP contribution in [0.1, 0.15) is 10.4 Å². The first-order chi connectivity index (χ1) is 10.2. The lowest BCUT2D eigenvalue weighted by atomic mass is 10.2. The quantitative estimate of drug-likeness (QED) is 0.790. The number of amides is 1. The first-order valence-corrected chi connectivity index (χ1v) is 6.46. The standard InChI is InChI=1S/C14H15F2N3O2/c15-11-3-1-4-12(16)13(11)14(20)17-6-9-21-10-8-19-7-2-5-18-19/h1-5,7H,6,8-10H2,(H,17,20). The van der Waals surface area contributed by atoms with Gasteiger partial charge in [0.15, 0.2) is 0 Å². The first kappa shape index (κ1) is 15.1. The number of rotatable bonds is 7. The second-order valence-corrected chi connectivity index (χ2v) is 4.23. The van der Waals surface area contributed by atoms with Gasteiger partial charge in [-0.2, -0.15) is 5.10 Å². The van der Waals surface area contributed by atoms with Crippen molar-refractivity contribution >= 4 is 5.91 Å². The smallest absolute Gasteiger partial charge is 0.257 e. The fourth-order valence-electron chi connectivity index (χ4n) is 1.73. The van der Waals surface area contributed by atoms with Gasteiger partial charge in [-0.3, -0.25) is 9.48 Å². The molecule has 1 aromatic heterocycles. The molecule has 0 aliphatic carbocycles. The third-order valence-corrected chi connectivity index (χ3v) is 2.75. The zero-order valence-electron chi connectivity index (χ0n) is 11.3. The fraction of sp³-hybridized carbons (Fsp3) is 0.286. The summed E-state index contributed by atoms with van der Waals surface area (Å²) in [7, 11) is 0. The Kier molecular flexibility index (Phi) is 5.39. The molecule has 0 saturated carbocycles. The summed E-state index contributed by atoms with van der Waals surface area (Å²) in [5, 5.41) is 6.41. The van der Waals surface area contributed by atoms with Gasteiger partial charge in [0.25, 0.3) is 5.91 Å². The van der Waals surface area contributed by atoms with E-state index in [1.54, 1.807) is 10.9 Å². The predicted octanol–water partition coefficient (Wildman–Crippen LogP) is 1.61. The molecule has 112 valence electrons. The van der Waals surface area contributed by atoms with Crippen LogP contribution >= 0.6 is 0 Å². The van der Waals surface area contributed by atoms with Crippen LogP contribution in [0.4, 0.5) is 8.78 Å². The van der Waals surface area contributed by atoms with Crippen LogP contribution in [0.2, 0.25) is 0 Å². The summed E-state index contributed by atoms with van der Waals surface area (Å²) in [5.74, 6) is -2.56. The molecule has 0 saturated heterocycles. The maximum Gasteiger partial charge on any atom is 0.257 e. The minimum atomic E-state index is -0.882. The molecule has 21 heavy (non-hydrogen) atoms. The van der Waals surface area contributed by atoms with E-state index in [0.29, 0.717) is 13.2 Å². The van der Waals surface area contributed by atoms with Gasteiger partial charge >= 0.3 is 0 Å². The Labute approximate surface area is 120 Å². The molecule has 1 aromatic carbocycles. The van der Waals surface area contributed by atoms with Crippen LogP contribution in [-0.2, 0) is 11.3 Å². The molecule has 0 unspecified atom stereocenters. The molecule has 0 aliphatic heterocycles. The van der Waals surface area contributed by atoms with Gasteiger partial charge in [-0.25, -0.2) is 8.78 Å². The highest BCUT2D eigenvalue weighted by atomic mass is 19.1. The van der Waals surface area contributed by atoms with Gasteiger partial charge in [0.2, 0.25) is 0 Å². The number of aromatic nitrogens is 2. The summed E-state index contributed by atoms with van der Waals surface area (Å²) in [4.78, 5) is 11.6. The van der Waals surface area contributed by atoms with Crippen molar-refractivity contribution in [3.63, 3.8) is 0 Å². The van der Waals surface area contributed by atoms with Crippen molar-refractivity contribution in [2.45, 2.75) is 6.54 Å². The molecular weight excluding hydrogens is 280 g/mol. The van der Waals surface area contributed by atoms with E-state index in [1.165, 1.54) is 6.07 Å². The number of ether oxygens (including phenoxy) is 1. The highest BCUT2D eigenvalue weighted by Gasteiger charge is 2.16. The van der Waals surface area contributed by atoms with Gasteiger partial charge in [-0.15, -0.1) is 0 Å². The van der Waals surface area contributed by atoms with E-state index >= 15 is 0 Å². The van der Waals surface area contributed by atoms with Crippen molar-refractivity contribution < 1.29 is 18.3 Å². The molecular formula is C14H15F2N3O2. The topological polar surface area (TPSA) is 56.1 Å². The lowest BCUT2D eigenvalue weighted by Gasteiger charge is -2.08. The minimum absolute atomic E-state index is 0.172. The molecule has 1 N–H and O–H groups in total. The van der Waals surface area contributed by atoms with E-state index in [0.717, 1.165) is 12.1 Å². The zero-order valence-corrected chi connectivity index (χ0v) is 11.3. The Bertz CT molecular complexity index is 568. The van der Waals surface area contributed by atoms with Crippen LogP contribution < -0.4 is 5.32 Å². The number of hydrogen-bond donors (Lipinski definition) is 1. The molecule has 0 aliphatic rings. The zero-order chi connectivity index (χ0) is 15.1. The Morgan fingerprint density at radius 1 is 1.24 bits per heavy atom. The number of nitrogens with zero attached hydrogens (tertiary/aromatic N) is 2. The van der Waals surface area contributed by atoms with Crippen molar-refractivity contribution in [3.8, 4) is 0 Å². The van der Waals surface area contributed by atoms with E-state index < -0.39 is 23.1 Å². The largest absolute Gasteiger partial charge is 0.378 e. The SMILES string of the molecule is O=C(NCCOCCn1cccn1)c1c(F)cccc1F. The monoisotopic (exact) mass is 295 g/mol. The Hall–Kier alpha value is -2.28. The Morgan fingerprint density at radius 2 is 2.00 bits per heavy atom. The van der Waals surface area contributed by atoms with Crippen LogP contribution in [-0.4, -0.2) is 35.4 Å². The molecule has 1 heterocycles. The molecule has 0 spiro atoms. The molecule has 0 bridgehead atoms. The van der Waals surface area contributed by atoms with Crippen molar-refractivity contribution in [2.24, 2.45) is 0 Å². The maximum absolute atomic E-state index is 13.3. The molecule has 0 atom stereocenters. The summed E-state index contributed by atoms with van der Waals surface area (Å²) >= 11 is 0. The molecule has 7 heteroatoms. The molecule has 2 aromatic rings. The number of benzene rings is 1. The van der Waals surface area contributed by atoms with Crippen LogP contribution in [0.15, 0.2) is 36.7 Å². The normalized spacial score (nSPS) is 10.6. The number of nitrogens with one attached hydrogen (secondary N) is 1. The van der Waals surface area contributed by atoms with Crippen LogP contribution in [0.25, 0.3) is 0 Å². The number of halogens is 2. The first-order valence-electron chi connectivity index (χ1n) is 6.46. The third kappa shape index (κ3) is 4.35. The highest BCUT2D eigenvalue weighted by Crippen LogP contribution is 2.11. The number of hydrogen-bond acceptors (Lipinski definition) is 3. The van der Waals surface area contributed by atoms with E-state index in [2.05, 4.69) is 10.4 Å². The van der Waals surface area contributed by atoms with Crippen LogP contribution in [0.5, 0.6) is 0 Å². The van der Waals surface area contributed by atoms with Crippen molar-refractivity contribution in [3.05, 3.63) is 53.9 Å². The van der Waals surface area contributed by atoms with E-state index in [9.17, 15) is 13.6 Å². The van der Waals surface area contributed by atoms with E-state index in [-0.39, 0.29) is 13.2 Å². The Morgan fingerprint density at radius 3 is 2.67 bits per heavy atom. The lowest BCUT2D eigenvalue weighted by Crippen LogP contribution is -2.29. The maximum atomic E-state index is 13.3. The summed E-state index contributed by atoms with van der Waals surface area (Å²) in [6.07, 6.45) is 3.48. The van der Waals surface area contributed by atoms with Crippen molar-refractivity contribution in [1.82, 2.24) is 15.1 Å². The van der Waals surface area contributed by atoms with Crippen LogP contribution in [0, 0.1) is 11.6 Å². The summed E-state index contributed by atoms with van der Waals surface area (Å²) in [5.41, 5.74) is -0.575. The second kappa shape index (κ2) is 7.49. The molecule has 1 amide bonds. The summed E-state index contributed by atoms with van der Waals surface area (Å²) < 4.78 is 33.7. The number of carbonyl (C=O) groups is 1. The van der Waals surface area contributed by atoms with Gasteiger partial charge in [-0.05, 0) is 18.2 Å². The van der Waals surface area contributed by atoms with Crippen molar-refractivity contribution in [1.29, 1.82) is 0 Å². The van der Waals surface area contributed by atoms with E-state index in [1.807, 2.05) is 12.3 Å². The summed E-state index contributed by atoms with van der Waals surface area (Å²) in [6, 6.07) is 5.10. The lowest BCUT2D eigenvalue weighted by molar-refractivity contribution is 0.0898. The minimum Gasteiger partial charge on any atom is -0.378 e. The van der Waals surface area contributed by atoms with Gasteiger partial charge in [0, 0.05) is 18.9 Å². The van der Waals surface area contributed by atoms with Gasteiger partial charge in [0.1, 0.15) is 17.2 Å². The number of carbonyl (C=O) groups excluding carboxylic acids is 1. The molecule has 0 fully saturated rings. The second-order valence-electron chi connectivity index (χ2n) is 4.23. The van der Waals surface area contributed by atoms with Gasteiger partial charge < -0.3 is 10.1 Å². The van der Waals surface area contributed by atoms with Gasteiger partial charge in [-0.1, -0.05) is 6.07 Å². The average Bonchev–Trinajstić information content (AvgIpc) is 2.95. The molecule has 0 radical (unpaired) electrons. The van der Waals surface area contributed by atoms with Crippen LogP contribution in [0.3, 0.4) is 0 Å². The predicted molar refractivity (Wildman–Crippen MR) is 71.7 cm³/mol. The van der Waals surface area contributed by atoms with Crippen molar-refractivity contribution in [2.75, 3.05) is 19.8 Å². The van der Waals surface area contributed by atoms with Gasteiger partial charge in [0.05, 0.1) is 19.8 Å². The Balaban J connectivity index is 1.67.